The summed E-state index contributed by atoms with van der Waals surface area (Å²) in [5, 5.41) is 11.8. The number of hydrogen-bond donors (Lipinski definition) is 2. The molecular formula is C12H17NO3. The topological polar surface area (TPSA) is 58.6 Å². The monoisotopic (exact) mass is 223 g/mol. The molecule has 2 N–H and O–H groups in total. The third-order valence-electron chi connectivity index (χ3n) is 2.26. The van der Waals surface area contributed by atoms with E-state index in [0.717, 1.165) is 5.56 Å². The van der Waals surface area contributed by atoms with Crippen molar-refractivity contribution in [1.82, 2.24) is 5.32 Å². The highest BCUT2D eigenvalue weighted by Gasteiger charge is 2.11. The lowest BCUT2D eigenvalue weighted by Gasteiger charge is -2.15. The van der Waals surface area contributed by atoms with Crippen LogP contribution in [0.1, 0.15) is 18.4 Å². The first kappa shape index (κ1) is 12.5. The van der Waals surface area contributed by atoms with Crippen molar-refractivity contribution in [2.75, 3.05) is 19.8 Å². The van der Waals surface area contributed by atoms with Crippen LogP contribution < -0.4 is 5.32 Å². The van der Waals surface area contributed by atoms with Crippen molar-refractivity contribution in [1.29, 1.82) is 0 Å². The largest absolute Gasteiger partial charge is 0.450 e. The van der Waals surface area contributed by atoms with E-state index in [1.165, 1.54) is 0 Å². The Bertz CT molecular complexity index is 313. The molecule has 0 fully saturated rings. The highest BCUT2D eigenvalue weighted by atomic mass is 16.5. The van der Waals surface area contributed by atoms with Crippen LogP contribution in [0.2, 0.25) is 0 Å². The van der Waals surface area contributed by atoms with Gasteiger partial charge in [-0.15, -0.1) is 0 Å². The van der Waals surface area contributed by atoms with Gasteiger partial charge in [0.05, 0.1) is 13.2 Å². The zero-order valence-corrected chi connectivity index (χ0v) is 9.35. The molecule has 1 rings (SSSR count). The van der Waals surface area contributed by atoms with Crippen LogP contribution in [0.3, 0.4) is 0 Å². The number of carbonyl (C=O) groups is 1. The number of nitrogens with one attached hydrogen (secondary N) is 1. The van der Waals surface area contributed by atoms with Gasteiger partial charge in [-0.2, -0.15) is 0 Å². The van der Waals surface area contributed by atoms with Crippen LogP contribution in [-0.4, -0.2) is 31.0 Å². The minimum absolute atomic E-state index is 0.00355. The fourth-order valence-corrected chi connectivity index (χ4v) is 1.40. The summed E-state index contributed by atoms with van der Waals surface area (Å²) in [6.07, 6.45) is -0.447. The summed E-state index contributed by atoms with van der Waals surface area (Å²) in [7, 11) is 0. The van der Waals surface area contributed by atoms with E-state index in [4.69, 9.17) is 4.74 Å². The molecule has 1 amide bonds. The average molecular weight is 223 g/mol. The molecule has 4 nitrogen and oxygen atoms in total. The first-order chi connectivity index (χ1) is 7.77. The molecule has 0 bridgehead atoms. The van der Waals surface area contributed by atoms with Gasteiger partial charge in [0.2, 0.25) is 0 Å². The first-order valence-electron chi connectivity index (χ1n) is 5.34. The van der Waals surface area contributed by atoms with Crippen molar-refractivity contribution >= 4 is 6.09 Å². The van der Waals surface area contributed by atoms with Gasteiger partial charge in [-0.1, -0.05) is 30.3 Å². The zero-order valence-electron chi connectivity index (χ0n) is 9.35. The lowest BCUT2D eigenvalue weighted by Crippen LogP contribution is -2.30. The van der Waals surface area contributed by atoms with Gasteiger partial charge in [-0.3, -0.25) is 0 Å². The SMILES string of the molecule is CCOC(=O)NCC(CO)c1ccccc1. The van der Waals surface area contributed by atoms with Gasteiger partial charge in [-0.05, 0) is 12.5 Å². The Labute approximate surface area is 95.2 Å². The summed E-state index contributed by atoms with van der Waals surface area (Å²) in [5.74, 6) is -0.0920. The van der Waals surface area contributed by atoms with Crippen molar-refractivity contribution < 1.29 is 14.6 Å². The summed E-state index contributed by atoms with van der Waals surface area (Å²) in [6.45, 7) is 2.47. The average Bonchev–Trinajstić information content (AvgIpc) is 2.31. The number of rotatable bonds is 5. The molecule has 0 heterocycles. The molecule has 0 aliphatic heterocycles. The smallest absolute Gasteiger partial charge is 0.407 e. The van der Waals surface area contributed by atoms with Gasteiger partial charge in [-0.25, -0.2) is 4.79 Å². The highest BCUT2D eigenvalue weighted by Crippen LogP contribution is 2.13. The number of amides is 1. The molecule has 0 spiro atoms. The molecule has 1 atom stereocenters. The Kier molecular flexibility index (Phi) is 5.36. The fraction of sp³-hybridized carbons (Fsp3) is 0.417. The molecule has 88 valence electrons. The van der Waals surface area contributed by atoms with Crippen LogP contribution in [0.5, 0.6) is 0 Å². The van der Waals surface area contributed by atoms with Crippen LogP contribution in [0.4, 0.5) is 4.79 Å². The molecule has 0 saturated carbocycles. The molecule has 1 aromatic rings. The predicted molar refractivity (Wildman–Crippen MR) is 61.3 cm³/mol. The number of ether oxygens (including phenoxy) is 1. The lowest BCUT2D eigenvalue weighted by molar-refractivity contribution is 0.150. The molecule has 1 aromatic carbocycles. The van der Waals surface area contributed by atoms with Crippen molar-refractivity contribution in [3.8, 4) is 0 Å². The maximum absolute atomic E-state index is 11.1. The molecule has 0 aliphatic rings. The summed E-state index contributed by atoms with van der Waals surface area (Å²) >= 11 is 0. The Morgan fingerprint density at radius 3 is 2.69 bits per heavy atom. The Balaban J connectivity index is 2.47. The number of hydrogen-bond acceptors (Lipinski definition) is 3. The Morgan fingerprint density at radius 1 is 1.44 bits per heavy atom. The van der Waals surface area contributed by atoms with Crippen molar-refractivity contribution in [2.24, 2.45) is 0 Å². The van der Waals surface area contributed by atoms with Crippen LogP contribution >= 0.6 is 0 Å². The maximum Gasteiger partial charge on any atom is 0.407 e. The number of benzene rings is 1. The molecular weight excluding hydrogens is 206 g/mol. The van der Waals surface area contributed by atoms with E-state index in [9.17, 15) is 9.90 Å². The predicted octanol–water partition coefficient (Wildman–Crippen LogP) is 1.51. The van der Waals surface area contributed by atoms with E-state index in [1.807, 2.05) is 30.3 Å². The van der Waals surface area contributed by atoms with E-state index < -0.39 is 6.09 Å². The Morgan fingerprint density at radius 2 is 2.12 bits per heavy atom. The van der Waals surface area contributed by atoms with Crippen molar-refractivity contribution in [3.05, 3.63) is 35.9 Å². The van der Waals surface area contributed by atoms with Gasteiger partial charge in [0.25, 0.3) is 0 Å². The number of carbonyl (C=O) groups excluding carboxylic acids is 1. The summed E-state index contributed by atoms with van der Waals surface area (Å²) in [6, 6.07) is 9.57. The quantitative estimate of drug-likeness (QED) is 0.795. The summed E-state index contributed by atoms with van der Waals surface area (Å²) in [4.78, 5) is 11.1. The lowest BCUT2D eigenvalue weighted by atomic mass is 10.0. The number of aliphatic hydroxyl groups is 1. The van der Waals surface area contributed by atoms with Crippen LogP contribution in [0, 0.1) is 0 Å². The maximum atomic E-state index is 11.1. The highest BCUT2D eigenvalue weighted by molar-refractivity contribution is 5.67. The summed E-state index contributed by atoms with van der Waals surface area (Å²) in [5.41, 5.74) is 1.00. The number of alkyl carbamates (subject to hydrolysis) is 1. The summed E-state index contributed by atoms with van der Waals surface area (Å²) < 4.78 is 4.74. The van der Waals surface area contributed by atoms with Gasteiger partial charge in [0.1, 0.15) is 0 Å². The van der Waals surface area contributed by atoms with Gasteiger partial charge < -0.3 is 15.2 Å². The second kappa shape index (κ2) is 6.85. The standard InChI is InChI=1S/C12H17NO3/c1-2-16-12(15)13-8-11(9-14)10-6-4-3-5-7-10/h3-7,11,14H,2,8-9H2,1H3,(H,13,15). The van der Waals surface area contributed by atoms with Crippen molar-refractivity contribution in [3.63, 3.8) is 0 Å². The molecule has 0 aliphatic carbocycles. The molecule has 0 saturated heterocycles. The second-order valence-corrected chi connectivity index (χ2v) is 3.39. The number of aliphatic hydroxyl groups excluding tert-OH is 1. The van der Waals surface area contributed by atoms with E-state index in [0.29, 0.717) is 13.2 Å². The van der Waals surface area contributed by atoms with E-state index >= 15 is 0 Å². The van der Waals surface area contributed by atoms with E-state index in [1.54, 1.807) is 6.92 Å². The van der Waals surface area contributed by atoms with Gasteiger partial charge in [0, 0.05) is 12.5 Å². The zero-order chi connectivity index (χ0) is 11.8. The van der Waals surface area contributed by atoms with Crippen molar-refractivity contribution in [2.45, 2.75) is 12.8 Å². The third-order valence-corrected chi connectivity index (χ3v) is 2.26. The van der Waals surface area contributed by atoms with Gasteiger partial charge in [0.15, 0.2) is 0 Å². The minimum atomic E-state index is -0.447. The normalized spacial score (nSPS) is 11.9. The second-order valence-electron chi connectivity index (χ2n) is 3.39. The molecule has 1 unspecified atom stereocenters. The Hall–Kier alpha value is -1.55. The molecule has 16 heavy (non-hydrogen) atoms. The van der Waals surface area contributed by atoms with Gasteiger partial charge >= 0.3 is 6.09 Å². The van der Waals surface area contributed by atoms with Crippen LogP contribution in [0.15, 0.2) is 30.3 Å². The fourth-order valence-electron chi connectivity index (χ4n) is 1.40. The van der Waals surface area contributed by atoms with E-state index in [-0.39, 0.29) is 12.5 Å². The third kappa shape index (κ3) is 3.90. The first-order valence-corrected chi connectivity index (χ1v) is 5.34. The van der Waals surface area contributed by atoms with Crippen LogP contribution in [0.25, 0.3) is 0 Å². The molecule has 0 radical (unpaired) electrons. The van der Waals surface area contributed by atoms with E-state index in [2.05, 4.69) is 5.32 Å². The molecule has 4 heteroatoms. The minimum Gasteiger partial charge on any atom is -0.450 e. The van der Waals surface area contributed by atoms with Crippen LogP contribution in [-0.2, 0) is 4.74 Å². The molecule has 0 aromatic heterocycles.